The van der Waals surface area contributed by atoms with Gasteiger partial charge in [-0.15, -0.1) is 0 Å². The van der Waals surface area contributed by atoms with E-state index < -0.39 is 5.60 Å². The van der Waals surface area contributed by atoms with Crippen molar-refractivity contribution in [1.29, 1.82) is 0 Å². The van der Waals surface area contributed by atoms with Crippen molar-refractivity contribution in [2.24, 2.45) is 0 Å². The molecule has 2 atom stereocenters. The summed E-state index contributed by atoms with van der Waals surface area (Å²) in [7, 11) is 0. The Morgan fingerprint density at radius 3 is 2.55 bits per heavy atom. The highest BCUT2D eigenvalue weighted by Gasteiger charge is 2.36. The molecule has 2 unspecified atom stereocenters. The van der Waals surface area contributed by atoms with Crippen LogP contribution in [0.4, 0.5) is 0 Å². The van der Waals surface area contributed by atoms with E-state index >= 15 is 0 Å². The summed E-state index contributed by atoms with van der Waals surface area (Å²) >= 11 is 0. The zero-order chi connectivity index (χ0) is 14.2. The van der Waals surface area contributed by atoms with E-state index in [-0.39, 0.29) is 0 Å². The van der Waals surface area contributed by atoms with Crippen LogP contribution in [0, 0.1) is 6.92 Å². The number of hydrogen-bond acceptors (Lipinski definition) is 1. The number of benzene rings is 2. The van der Waals surface area contributed by atoms with Gasteiger partial charge in [-0.3, -0.25) is 0 Å². The first-order valence-electron chi connectivity index (χ1n) is 7.46. The molecule has 1 aliphatic carbocycles. The maximum Gasteiger partial charge on any atom is 0.0939 e. The van der Waals surface area contributed by atoms with Crippen LogP contribution in [0.5, 0.6) is 0 Å². The predicted molar refractivity (Wildman–Crippen MR) is 82.9 cm³/mol. The highest BCUT2D eigenvalue weighted by atomic mass is 16.3. The molecule has 0 saturated heterocycles. The highest BCUT2D eigenvalue weighted by molar-refractivity contribution is 5.39. The molecule has 0 saturated carbocycles. The fourth-order valence-electron chi connectivity index (χ4n) is 3.32. The van der Waals surface area contributed by atoms with E-state index in [4.69, 9.17) is 0 Å². The van der Waals surface area contributed by atoms with Crippen LogP contribution in [-0.2, 0) is 12.0 Å². The number of hydrogen-bond donors (Lipinski definition) is 1. The molecule has 0 heterocycles. The Hall–Kier alpha value is -1.60. The first-order valence-corrected chi connectivity index (χ1v) is 7.46. The third-order valence-electron chi connectivity index (χ3n) is 4.60. The molecule has 1 N–H and O–H groups in total. The van der Waals surface area contributed by atoms with E-state index in [1.807, 2.05) is 6.07 Å². The highest BCUT2D eigenvalue weighted by Crippen LogP contribution is 2.42. The largest absolute Gasteiger partial charge is 0.385 e. The fraction of sp³-hybridized carbons (Fsp3) is 0.368. The van der Waals surface area contributed by atoms with Crippen LogP contribution >= 0.6 is 0 Å². The minimum absolute atomic E-state index is 0.546. The van der Waals surface area contributed by atoms with E-state index in [1.54, 1.807) is 0 Å². The second-order valence-corrected chi connectivity index (χ2v) is 6.22. The standard InChI is InChI=1S/C19H22O/c1-14-7-9-16(10-8-14)13-19(20)12-11-15(2)17-5-3-4-6-18(17)19/h3-10,15,20H,11-13H2,1-2H3. The average Bonchev–Trinajstić information content (AvgIpc) is 2.46. The van der Waals surface area contributed by atoms with Crippen molar-refractivity contribution >= 4 is 0 Å². The Morgan fingerprint density at radius 1 is 1.10 bits per heavy atom. The fourth-order valence-corrected chi connectivity index (χ4v) is 3.32. The Balaban J connectivity index is 1.96. The first-order chi connectivity index (χ1) is 9.58. The number of aliphatic hydroxyl groups is 1. The predicted octanol–water partition coefficient (Wildman–Crippen LogP) is 4.32. The van der Waals surface area contributed by atoms with Crippen LogP contribution in [0.1, 0.15) is 47.9 Å². The zero-order valence-electron chi connectivity index (χ0n) is 12.3. The summed E-state index contributed by atoms with van der Waals surface area (Å²) in [6.07, 6.45) is 2.61. The van der Waals surface area contributed by atoms with Crippen LogP contribution < -0.4 is 0 Å². The van der Waals surface area contributed by atoms with Crippen LogP contribution in [0.25, 0.3) is 0 Å². The van der Waals surface area contributed by atoms with Crippen LogP contribution in [-0.4, -0.2) is 5.11 Å². The van der Waals surface area contributed by atoms with Crippen LogP contribution in [0.15, 0.2) is 48.5 Å². The Bertz CT molecular complexity index is 599. The van der Waals surface area contributed by atoms with E-state index in [9.17, 15) is 5.11 Å². The molecule has 3 rings (SSSR count). The van der Waals surface area contributed by atoms with Gasteiger partial charge in [0.25, 0.3) is 0 Å². The first kappa shape index (κ1) is 13.4. The van der Waals surface area contributed by atoms with Gasteiger partial charge in [0.1, 0.15) is 0 Å². The van der Waals surface area contributed by atoms with Crippen molar-refractivity contribution in [1.82, 2.24) is 0 Å². The minimum atomic E-state index is -0.710. The van der Waals surface area contributed by atoms with Gasteiger partial charge in [-0.25, -0.2) is 0 Å². The summed E-state index contributed by atoms with van der Waals surface area (Å²) in [5.41, 5.74) is 4.20. The smallest absolute Gasteiger partial charge is 0.0939 e. The van der Waals surface area contributed by atoms with Gasteiger partial charge in [-0.2, -0.15) is 0 Å². The summed E-state index contributed by atoms with van der Waals surface area (Å²) in [6.45, 7) is 4.35. The van der Waals surface area contributed by atoms with Gasteiger partial charge in [0.05, 0.1) is 5.60 Å². The van der Waals surface area contributed by atoms with Gasteiger partial charge in [-0.05, 0) is 42.4 Å². The molecule has 0 spiro atoms. The van der Waals surface area contributed by atoms with Crippen molar-refractivity contribution in [2.45, 2.75) is 44.6 Å². The number of rotatable bonds is 2. The maximum absolute atomic E-state index is 11.2. The molecular formula is C19H22O. The van der Waals surface area contributed by atoms with Crippen LogP contribution in [0.2, 0.25) is 0 Å². The molecule has 2 aromatic rings. The molecule has 0 radical (unpaired) electrons. The molecule has 1 nitrogen and oxygen atoms in total. The summed E-state index contributed by atoms with van der Waals surface area (Å²) in [5, 5.41) is 11.2. The molecule has 2 aromatic carbocycles. The van der Waals surface area contributed by atoms with Gasteiger partial charge < -0.3 is 5.11 Å². The Morgan fingerprint density at radius 2 is 1.80 bits per heavy atom. The summed E-state index contributed by atoms with van der Waals surface area (Å²) in [6, 6.07) is 16.9. The van der Waals surface area contributed by atoms with E-state index in [0.717, 1.165) is 18.4 Å². The van der Waals surface area contributed by atoms with Crippen LogP contribution in [0.3, 0.4) is 0 Å². The summed E-state index contributed by atoms with van der Waals surface area (Å²) in [5.74, 6) is 0.546. The molecule has 104 valence electrons. The van der Waals surface area contributed by atoms with E-state index in [0.29, 0.717) is 12.3 Å². The lowest BCUT2D eigenvalue weighted by Gasteiger charge is -2.37. The van der Waals surface area contributed by atoms with Gasteiger partial charge in [0, 0.05) is 6.42 Å². The number of aryl methyl sites for hydroxylation is 1. The molecular weight excluding hydrogens is 244 g/mol. The molecule has 0 amide bonds. The van der Waals surface area contributed by atoms with Gasteiger partial charge in [0.2, 0.25) is 0 Å². The lowest BCUT2D eigenvalue weighted by Crippen LogP contribution is -2.33. The summed E-state index contributed by atoms with van der Waals surface area (Å²) in [4.78, 5) is 0. The second kappa shape index (κ2) is 5.06. The lowest BCUT2D eigenvalue weighted by molar-refractivity contribution is 0.0159. The quantitative estimate of drug-likeness (QED) is 0.858. The third kappa shape index (κ3) is 2.38. The Kier molecular flexibility index (Phi) is 3.39. The van der Waals surface area contributed by atoms with Gasteiger partial charge >= 0.3 is 0 Å². The second-order valence-electron chi connectivity index (χ2n) is 6.22. The molecule has 20 heavy (non-hydrogen) atoms. The SMILES string of the molecule is Cc1ccc(CC2(O)CCC(C)c3ccccc32)cc1. The molecule has 0 aliphatic heterocycles. The van der Waals surface area contributed by atoms with Crippen molar-refractivity contribution in [2.75, 3.05) is 0 Å². The molecule has 0 fully saturated rings. The molecule has 1 heteroatoms. The van der Waals surface area contributed by atoms with E-state index in [1.165, 1.54) is 16.7 Å². The van der Waals surface area contributed by atoms with Gasteiger partial charge in [0.15, 0.2) is 0 Å². The van der Waals surface area contributed by atoms with Crippen molar-refractivity contribution < 1.29 is 5.11 Å². The van der Waals surface area contributed by atoms with Crippen molar-refractivity contribution in [3.63, 3.8) is 0 Å². The summed E-state index contributed by atoms with van der Waals surface area (Å²) < 4.78 is 0. The molecule has 1 aliphatic rings. The van der Waals surface area contributed by atoms with E-state index in [2.05, 4.69) is 56.3 Å². The van der Waals surface area contributed by atoms with Crippen molar-refractivity contribution in [3.8, 4) is 0 Å². The Labute approximate surface area is 121 Å². The zero-order valence-corrected chi connectivity index (χ0v) is 12.3. The number of fused-ring (bicyclic) bond motifs is 1. The normalized spacial score (nSPS) is 25.2. The van der Waals surface area contributed by atoms with Crippen molar-refractivity contribution in [3.05, 3.63) is 70.8 Å². The molecule has 0 aromatic heterocycles. The molecule has 0 bridgehead atoms. The minimum Gasteiger partial charge on any atom is -0.385 e. The maximum atomic E-state index is 11.2. The monoisotopic (exact) mass is 266 g/mol. The van der Waals surface area contributed by atoms with Gasteiger partial charge in [-0.1, -0.05) is 61.0 Å². The average molecular weight is 266 g/mol. The third-order valence-corrected chi connectivity index (χ3v) is 4.60. The topological polar surface area (TPSA) is 20.2 Å². The lowest BCUT2D eigenvalue weighted by atomic mass is 9.72.